The van der Waals surface area contributed by atoms with Crippen molar-refractivity contribution < 1.29 is 0 Å². The van der Waals surface area contributed by atoms with Crippen molar-refractivity contribution in [2.45, 2.75) is 26.2 Å². The fourth-order valence-electron chi connectivity index (χ4n) is 1.86. The molecule has 0 saturated carbocycles. The standard InChI is InChI=1S/C16H19N5/c1-11(2)16-20-14(18-3)10-15(21-16)19-13-6-4-12(5-7-13)8-9-17/h4-7,10-11H,8H2,1-3H3,(H2,18,19,20,21). The molecule has 0 atom stereocenters. The van der Waals surface area contributed by atoms with Crippen LogP contribution >= 0.6 is 0 Å². The minimum Gasteiger partial charge on any atom is -0.373 e. The molecule has 1 aromatic carbocycles. The molecule has 0 fully saturated rings. The van der Waals surface area contributed by atoms with Crippen LogP contribution in [0.3, 0.4) is 0 Å². The Hall–Kier alpha value is -2.61. The Morgan fingerprint density at radius 2 is 1.81 bits per heavy atom. The summed E-state index contributed by atoms with van der Waals surface area (Å²) in [5, 5.41) is 15.0. The quantitative estimate of drug-likeness (QED) is 0.878. The molecule has 5 nitrogen and oxygen atoms in total. The zero-order valence-electron chi connectivity index (χ0n) is 12.5. The molecule has 0 radical (unpaired) electrons. The van der Waals surface area contributed by atoms with Gasteiger partial charge in [-0.2, -0.15) is 5.26 Å². The molecule has 0 aliphatic heterocycles. The van der Waals surface area contributed by atoms with Gasteiger partial charge in [-0.1, -0.05) is 26.0 Å². The van der Waals surface area contributed by atoms with Gasteiger partial charge in [-0.3, -0.25) is 0 Å². The lowest BCUT2D eigenvalue weighted by Crippen LogP contribution is -2.05. The molecule has 2 N–H and O–H groups in total. The van der Waals surface area contributed by atoms with Crippen molar-refractivity contribution in [1.82, 2.24) is 9.97 Å². The van der Waals surface area contributed by atoms with Crippen molar-refractivity contribution in [3.8, 4) is 6.07 Å². The lowest BCUT2D eigenvalue weighted by Gasteiger charge is -2.11. The highest BCUT2D eigenvalue weighted by molar-refractivity contribution is 5.59. The fourth-order valence-corrected chi connectivity index (χ4v) is 1.86. The summed E-state index contributed by atoms with van der Waals surface area (Å²) in [5.41, 5.74) is 1.94. The molecule has 5 heteroatoms. The molecule has 0 aliphatic carbocycles. The number of nitrogens with zero attached hydrogens (tertiary/aromatic N) is 3. The number of hydrogen-bond acceptors (Lipinski definition) is 5. The first kappa shape index (κ1) is 14.8. The molecule has 0 spiro atoms. The van der Waals surface area contributed by atoms with E-state index in [0.29, 0.717) is 6.42 Å². The molecule has 108 valence electrons. The molecule has 1 heterocycles. The molecule has 21 heavy (non-hydrogen) atoms. The van der Waals surface area contributed by atoms with Crippen LogP contribution in [0.5, 0.6) is 0 Å². The third kappa shape index (κ3) is 3.93. The molecule has 0 bridgehead atoms. The van der Waals surface area contributed by atoms with Gasteiger partial charge in [0.2, 0.25) is 0 Å². The van der Waals surface area contributed by atoms with Crippen LogP contribution in [0.4, 0.5) is 17.3 Å². The van der Waals surface area contributed by atoms with Crippen molar-refractivity contribution in [2.24, 2.45) is 0 Å². The second-order valence-electron chi connectivity index (χ2n) is 5.06. The molecule has 0 saturated heterocycles. The summed E-state index contributed by atoms with van der Waals surface area (Å²) in [6.07, 6.45) is 0.426. The van der Waals surface area contributed by atoms with Crippen LogP contribution in [0.25, 0.3) is 0 Å². The SMILES string of the molecule is CNc1cc(Nc2ccc(CC#N)cc2)nc(C(C)C)n1. The van der Waals surface area contributed by atoms with Gasteiger partial charge in [0, 0.05) is 24.7 Å². The highest BCUT2D eigenvalue weighted by Crippen LogP contribution is 2.20. The minimum atomic E-state index is 0.261. The van der Waals surface area contributed by atoms with Crippen LogP contribution in [0, 0.1) is 11.3 Å². The average molecular weight is 281 g/mol. The van der Waals surface area contributed by atoms with Gasteiger partial charge < -0.3 is 10.6 Å². The van der Waals surface area contributed by atoms with Crippen molar-refractivity contribution in [3.05, 3.63) is 41.7 Å². The third-order valence-corrected chi connectivity index (χ3v) is 3.03. The lowest BCUT2D eigenvalue weighted by molar-refractivity contribution is 0.778. The first-order valence-electron chi connectivity index (χ1n) is 6.92. The van der Waals surface area contributed by atoms with E-state index in [1.54, 1.807) is 0 Å². The van der Waals surface area contributed by atoms with E-state index in [0.717, 1.165) is 28.7 Å². The summed E-state index contributed by atoms with van der Waals surface area (Å²) < 4.78 is 0. The first-order valence-corrected chi connectivity index (χ1v) is 6.92. The normalized spacial score (nSPS) is 10.2. The van der Waals surface area contributed by atoms with E-state index in [9.17, 15) is 0 Å². The Kier molecular flexibility index (Phi) is 4.72. The van der Waals surface area contributed by atoms with E-state index in [4.69, 9.17) is 5.26 Å². The van der Waals surface area contributed by atoms with Crippen molar-refractivity contribution in [2.75, 3.05) is 17.7 Å². The molecule has 2 rings (SSSR count). The molecular formula is C16H19N5. The second kappa shape index (κ2) is 6.71. The zero-order chi connectivity index (χ0) is 15.2. The van der Waals surface area contributed by atoms with E-state index >= 15 is 0 Å². The van der Waals surface area contributed by atoms with E-state index in [-0.39, 0.29) is 5.92 Å². The Balaban J connectivity index is 2.22. The van der Waals surface area contributed by atoms with Gasteiger partial charge in [-0.15, -0.1) is 0 Å². The number of anilines is 3. The number of aromatic nitrogens is 2. The van der Waals surface area contributed by atoms with Crippen LogP contribution in [0.2, 0.25) is 0 Å². The summed E-state index contributed by atoms with van der Waals surface area (Å²) in [5.74, 6) is 2.60. The maximum absolute atomic E-state index is 8.67. The molecule has 0 aliphatic rings. The first-order chi connectivity index (χ1) is 10.1. The molecule has 0 unspecified atom stereocenters. The van der Waals surface area contributed by atoms with Crippen LogP contribution in [-0.2, 0) is 6.42 Å². The fraction of sp³-hybridized carbons (Fsp3) is 0.312. The maximum Gasteiger partial charge on any atom is 0.136 e. The highest BCUT2D eigenvalue weighted by atomic mass is 15.1. The van der Waals surface area contributed by atoms with Crippen LogP contribution < -0.4 is 10.6 Å². The van der Waals surface area contributed by atoms with E-state index in [2.05, 4.69) is 40.5 Å². The van der Waals surface area contributed by atoms with Crippen LogP contribution in [-0.4, -0.2) is 17.0 Å². The van der Waals surface area contributed by atoms with Gasteiger partial charge in [-0.25, -0.2) is 9.97 Å². The van der Waals surface area contributed by atoms with Gasteiger partial charge >= 0.3 is 0 Å². The summed E-state index contributed by atoms with van der Waals surface area (Å²) in [6, 6.07) is 11.8. The molecule has 1 aromatic heterocycles. The number of rotatable bonds is 5. The van der Waals surface area contributed by atoms with Gasteiger partial charge in [0.05, 0.1) is 12.5 Å². The van der Waals surface area contributed by atoms with E-state index in [1.165, 1.54) is 0 Å². The zero-order valence-corrected chi connectivity index (χ0v) is 12.5. The predicted octanol–water partition coefficient (Wildman–Crippen LogP) is 3.45. The summed E-state index contributed by atoms with van der Waals surface area (Å²) >= 11 is 0. The second-order valence-corrected chi connectivity index (χ2v) is 5.06. The van der Waals surface area contributed by atoms with E-state index in [1.807, 2.05) is 37.4 Å². The Morgan fingerprint density at radius 1 is 1.14 bits per heavy atom. The third-order valence-electron chi connectivity index (χ3n) is 3.03. The van der Waals surface area contributed by atoms with E-state index < -0.39 is 0 Å². The number of nitriles is 1. The summed E-state index contributed by atoms with van der Waals surface area (Å²) in [6.45, 7) is 4.13. The van der Waals surface area contributed by atoms with Gasteiger partial charge in [-0.05, 0) is 17.7 Å². The van der Waals surface area contributed by atoms with Crippen molar-refractivity contribution in [1.29, 1.82) is 5.26 Å². The number of hydrogen-bond donors (Lipinski definition) is 2. The topological polar surface area (TPSA) is 73.6 Å². The Bertz CT molecular complexity index is 641. The van der Waals surface area contributed by atoms with Crippen LogP contribution in [0.1, 0.15) is 31.2 Å². The molecular weight excluding hydrogens is 262 g/mol. The van der Waals surface area contributed by atoms with Gasteiger partial charge in [0.1, 0.15) is 17.5 Å². The monoisotopic (exact) mass is 281 g/mol. The Labute approximate surface area is 125 Å². The highest BCUT2D eigenvalue weighted by Gasteiger charge is 2.07. The predicted molar refractivity (Wildman–Crippen MR) is 84.7 cm³/mol. The van der Waals surface area contributed by atoms with Crippen LogP contribution in [0.15, 0.2) is 30.3 Å². The van der Waals surface area contributed by atoms with Crippen molar-refractivity contribution >= 4 is 17.3 Å². The molecule has 2 aromatic rings. The minimum absolute atomic E-state index is 0.261. The van der Waals surface area contributed by atoms with Gasteiger partial charge in [0.25, 0.3) is 0 Å². The summed E-state index contributed by atoms with van der Waals surface area (Å²) in [4.78, 5) is 8.95. The summed E-state index contributed by atoms with van der Waals surface area (Å²) in [7, 11) is 1.84. The maximum atomic E-state index is 8.67. The lowest BCUT2D eigenvalue weighted by atomic mass is 10.1. The van der Waals surface area contributed by atoms with Crippen molar-refractivity contribution in [3.63, 3.8) is 0 Å². The number of nitrogens with one attached hydrogen (secondary N) is 2. The number of benzene rings is 1. The Morgan fingerprint density at radius 3 is 2.38 bits per heavy atom. The largest absolute Gasteiger partial charge is 0.373 e. The smallest absolute Gasteiger partial charge is 0.136 e. The molecule has 0 amide bonds. The average Bonchev–Trinajstić information content (AvgIpc) is 2.49. The van der Waals surface area contributed by atoms with Gasteiger partial charge in [0.15, 0.2) is 0 Å².